The van der Waals surface area contributed by atoms with Gasteiger partial charge in [-0.05, 0) is 43.3 Å². The molecule has 0 saturated heterocycles. The predicted octanol–water partition coefficient (Wildman–Crippen LogP) is 4.85. The van der Waals surface area contributed by atoms with Gasteiger partial charge in [0, 0.05) is 33.9 Å². The first-order valence-corrected chi connectivity index (χ1v) is 8.95. The summed E-state index contributed by atoms with van der Waals surface area (Å²) in [5, 5.41) is 2.15. The van der Waals surface area contributed by atoms with Crippen molar-refractivity contribution in [3.05, 3.63) is 83.9 Å². The van der Waals surface area contributed by atoms with E-state index in [9.17, 15) is 9.59 Å². The molecule has 0 radical (unpaired) electrons. The van der Waals surface area contributed by atoms with Gasteiger partial charge in [0.2, 0.25) is 0 Å². The average molecular weight is 357 g/mol. The highest BCUT2D eigenvalue weighted by atomic mass is 16.5. The Morgan fingerprint density at radius 3 is 2.30 bits per heavy atom. The highest BCUT2D eigenvalue weighted by molar-refractivity contribution is 6.11. The van der Waals surface area contributed by atoms with Crippen molar-refractivity contribution in [2.45, 2.75) is 13.5 Å². The Hall–Kier alpha value is -3.40. The van der Waals surface area contributed by atoms with Crippen molar-refractivity contribution in [1.82, 2.24) is 4.57 Å². The van der Waals surface area contributed by atoms with E-state index >= 15 is 0 Å². The Bertz CT molecular complexity index is 1140. The van der Waals surface area contributed by atoms with E-state index in [4.69, 9.17) is 4.74 Å². The predicted molar refractivity (Wildman–Crippen MR) is 106 cm³/mol. The highest BCUT2D eigenvalue weighted by Gasteiger charge is 2.15. The van der Waals surface area contributed by atoms with E-state index in [0.717, 1.165) is 28.4 Å². The number of aryl methyl sites for hydroxylation is 1. The third-order valence-corrected chi connectivity index (χ3v) is 4.75. The van der Waals surface area contributed by atoms with Crippen molar-refractivity contribution in [3.8, 4) is 0 Å². The highest BCUT2D eigenvalue weighted by Crippen LogP contribution is 2.29. The van der Waals surface area contributed by atoms with Crippen LogP contribution in [0.1, 0.15) is 27.6 Å². The lowest BCUT2D eigenvalue weighted by Gasteiger charge is -2.06. The quantitative estimate of drug-likeness (QED) is 0.379. The fourth-order valence-corrected chi connectivity index (χ4v) is 3.44. The molecule has 0 fully saturated rings. The molecule has 0 amide bonds. The molecule has 0 saturated carbocycles. The molecule has 0 unspecified atom stereocenters. The van der Waals surface area contributed by atoms with E-state index in [1.165, 1.54) is 0 Å². The van der Waals surface area contributed by atoms with Gasteiger partial charge in [-0.1, -0.05) is 36.4 Å². The zero-order chi connectivity index (χ0) is 18.8. The third kappa shape index (κ3) is 3.10. The minimum absolute atomic E-state index is 0.213. The number of aromatic nitrogens is 1. The first-order valence-electron chi connectivity index (χ1n) is 8.95. The number of Topliss-reactive ketones (excluding diaryl/α,β-unsaturated/α-hetero) is 1. The lowest BCUT2D eigenvalue weighted by Crippen LogP contribution is -2.14. The Balaban J connectivity index is 1.61. The number of ketones is 1. The van der Waals surface area contributed by atoms with Gasteiger partial charge in [0.25, 0.3) is 0 Å². The summed E-state index contributed by atoms with van der Waals surface area (Å²) in [5.74, 6) is -0.706. The van der Waals surface area contributed by atoms with Gasteiger partial charge in [-0.15, -0.1) is 0 Å². The van der Waals surface area contributed by atoms with Gasteiger partial charge in [-0.3, -0.25) is 4.79 Å². The van der Waals surface area contributed by atoms with E-state index in [1.807, 2.05) is 30.3 Å². The summed E-state index contributed by atoms with van der Waals surface area (Å²) in [6, 6.07) is 22.5. The summed E-state index contributed by atoms with van der Waals surface area (Å²) in [6.07, 6.45) is 0. The van der Waals surface area contributed by atoms with Crippen molar-refractivity contribution in [3.63, 3.8) is 0 Å². The van der Waals surface area contributed by atoms with Crippen molar-refractivity contribution in [2.75, 3.05) is 6.61 Å². The van der Waals surface area contributed by atoms with Gasteiger partial charge in [0.05, 0.1) is 5.56 Å². The number of carbonyl (C=O) groups is 2. The molecule has 4 rings (SSSR count). The standard InChI is InChI=1S/C23H19NO3/c1-2-24-20-11-7-6-10-18(20)19-14-17(12-13-21(19)24)22(25)15-27-23(26)16-8-4-3-5-9-16/h3-14H,2,15H2,1H3. The summed E-state index contributed by atoms with van der Waals surface area (Å²) in [5.41, 5.74) is 3.22. The minimum atomic E-state index is -0.493. The number of benzene rings is 3. The van der Waals surface area contributed by atoms with Crippen LogP contribution >= 0.6 is 0 Å². The average Bonchev–Trinajstić information content (AvgIpc) is 3.05. The van der Waals surface area contributed by atoms with E-state index < -0.39 is 5.97 Å². The number of carbonyl (C=O) groups excluding carboxylic acids is 2. The molecule has 4 nitrogen and oxygen atoms in total. The van der Waals surface area contributed by atoms with Crippen LogP contribution in [-0.2, 0) is 11.3 Å². The molecule has 0 aliphatic heterocycles. The number of esters is 1. The molecule has 0 aliphatic carbocycles. The van der Waals surface area contributed by atoms with Crippen LogP contribution in [0.3, 0.4) is 0 Å². The second kappa shape index (κ2) is 7.08. The van der Waals surface area contributed by atoms with Crippen molar-refractivity contribution >= 4 is 33.6 Å². The van der Waals surface area contributed by atoms with Crippen molar-refractivity contribution in [2.24, 2.45) is 0 Å². The molecule has 4 aromatic rings. The number of para-hydroxylation sites is 1. The molecular weight excluding hydrogens is 338 g/mol. The second-order valence-electron chi connectivity index (χ2n) is 6.36. The summed E-state index contributed by atoms with van der Waals surface area (Å²) in [7, 11) is 0. The number of hydrogen-bond acceptors (Lipinski definition) is 3. The number of nitrogens with zero attached hydrogens (tertiary/aromatic N) is 1. The Morgan fingerprint density at radius 1 is 0.815 bits per heavy atom. The normalized spacial score (nSPS) is 11.0. The maximum absolute atomic E-state index is 12.6. The van der Waals surface area contributed by atoms with Crippen LogP contribution in [0.15, 0.2) is 72.8 Å². The van der Waals surface area contributed by atoms with E-state index in [2.05, 4.69) is 23.6 Å². The van der Waals surface area contributed by atoms with Gasteiger partial charge < -0.3 is 9.30 Å². The fourth-order valence-electron chi connectivity index (χ4n) is 3.44. The second-order valence-corrected chi connectivity index (χ2v) is 6.36. The Labute approximate surface area is 157 Å². The van der Waals surface area contributed by atoms with Crippen LogP contribution in [0, 0.1) is 0 Å². The minimum Gasteiger partial charge on any atom is -0.454 e. The molecule has 0 bridgehead atoms. The first kappa shape index (κ1) is 17.0. The van der Waals surface area contributed by atoms with Crippen LogP contribution in [0.5, 0.6) is 0 Å². The van der Waals surface area contributed by atoms with Crippen LogP contribution in [-0.4, -0.2) is 22.9 Å². The molecule has 3 aromatic carbocycles. The molecule has 0 aliphatic rings. The van der Waals surface area contributed by atoms with Crippen LogP contribution in [0.2, 0.25) is 0 Å². The van der Waals surface area contributed by atoms with E-state index in [0.29, 0.717) is 11.1 Å². The maximum atomic E-state index is 12.6. The molecule has 134 valence electrons. The lowest BCUT2D eigenvalue weighted by atomic mass is 10.1. The monoisotopic (exact) mass is 357 g/mol. The van der Waals surface area contributed by atoms with E-state index in [-0.39, 0.29) is 12.4 Å². The molecule has 27 heavy (non-hydrogen) atoms. The molecule has 0 atom stereocenters. The largest absolute Gasteiger partial charge is 0.454 e. The van der Waals surface area contributed by atoms with Crippen molar-refractivity contribution in [1.29, 1.82) is 0 Å². The third-order valence-electron chi connectivity index (χ3n) is 4.75. The van der Waals surface area contributed by atoms with Gasteiger partial charge in [0.15, 0.2) is 12.4 Å². The number of rotatable bonds is 5. The molecule has 4 heteroatoms. The first-order chi connectivity index (χ1) is 13.2. The summed E-state index contributed by atoms with van der Waals surface area (Å²) < 4.78 is 7.41. The number of fused-ring (bicyclic) bond motifs is 3. The smallest absolute Gasteiger partial charge is 0.338 e. The van der Waals surface area contributed by atoms with Gasteiger partial charge >= 0.3 is 5.97 Å². The molecule has 1 heterocycles. The maximum Gasteiger partial charge on any atom is 0.338 e. The summed E-state index contributed by atoms with van der Waals surface area (Å²) in [6.45, 7) is 2.69. The summed E-state index contributed by atoms with van der Waals surface area (Å²) in [4.78, 5) is 24.6. The molecule has 1 aromatic heterocycles. The van der Waals surface area contributed by atoms with Gasteiger partial charge in [-0.25, -0.2) is 4.79 Å². The fraction of sp³-hybridized carbons (Fsp3) is 0.130. The summed E-state index contributed by atoms with van der Waals surface area (Å²) >= 11 is 0. The Morgan fingerprint density at radius 2 is 1.52 bits per heavy atom. The number of hydrogen-bond donors (Lipinski definition) is 0. The Kier molecular flexibility index (Phi) is 4.47. The molecular formula is C23H19NO3. The van der Waals surface area contributed by atoms with Gasteiger partial charge in [0.1, 0.15) is 0 Å². The zero-order valence-corrected chi connectivity index (χ0v) is 15.0. The topological polar surface area (TPSA) is 48.3 Å². The SMILES string of the molecule is CCn1c2ccccc2c2cc(C(=O)COC(=O)c3ccccc3)ccc21. The van der Waals surface area contributed by atoms with Crippen LogP contribution < -0.4 is 0 Å². The van der Waals surface area contributed by atoms with Crippen LogP contribution in [0.25, 0.3) is 21.8 Å². The number of ether oxygens (including phenoxy) is 1. The van der Waals surface area contributed by atoms with Gasteiger partial charge in [-0.2, -0.15) is 0 Å². The van der Waals surface area contributed by atoms with Crippen LogP contribution in [0.4, 0.5) is 0 Å². The zero-order valence-electron chi connectivity index (χ0n) is 15.0. The lowest BCUT2D eigenvalue weighted by molar-refractivity contribution is 0.0475. The molecule has 0 N–H and O–H groups in total. The van der Waals surface area contributed by atoms with E-state index in [1.54, 1.807) is 30.3 Å². The van der Waals surface area contributed by atoms with Crippen molar-refractivity contribution < 1.29 is 14.3 Å². The molecule has 0 spiro atoms.